The van der Waals surface area contributed by atoms with Gasteiger partial charge in [0.25, 0.3) is 5.91 Å². The molecular formula is C16H21N5O2. The lowest BCUT2D eigenvalue weighted by atomic mass is 9.96. The Morgan fingerprint density at radius 1 is 1.30 bits per heavy atom. The normalized spacial score (nSPS) is 13.5. The van der Waals surface area contributed by atoms with Crippen molar-refractivity contribution in [2.75, 3.05) is 19.0 Å². The molecule has 2 aromatic rings. The van der Waals surface area contributed by atoms with Crippen LogP contribution in [0.15, 0.2) is 10.6 Å². The van der Waals surface area contributed by atoms with Gasteiger partial charge in [-0.3, -0.25) is 4.79 Å². The molecule has 0 fully saturated rings. The molecule has 0 aromatic carbocycles. The van der Waals surface area contributed by atoms with E-state index in [1.54, 1.807) is 0 Å². The molecule has 0 atom stereocenters. The number of nitrogens with zero attached hydrogens (tertiary/aromatic N) is 4. The number of carbonyl (C=O) groups is 1. The standard InChI is InChI=1S/C16H21N5O2/c1-10-8-14(21(2)3)19-13(18-10)9-17-16(22)15-11-6-4-5-7-12(11)23-20-15/h8H,4-7,9H2,1-3H3,(H,17,22). The zero-order valence-electron chi connectivity index (χ0n) is 13.7. The smallest absolute Gasteiger partial charge is 0.274 e. The average molecular weight is 315 g/mol. The molecule has 0 saturated carbocycles. The Hall–Kier alpha value is -2.44. The van der Waals surface area contributed by atoms with Crippen LogP contribution in [0.3, 0.4) is 0 Å². The first kappa shape index (κ1) is 15.5. The molecule has 0 saturated heterocycles. The van der Waals surface area contributed by atoms with Crippen molar-refractivity contribution < 1.29 is 9.32 Å². The van der Waals surface area contributed by atoms with Gasteiger partial charge in [0, 0.05) is 37.8 Å². The summed E-state index contributed by atoms with van der Waals surface area (Å²) in [6.45, 7) is 2.18. The monoisotopic (exact) mass is 315 g/mol. The van der Waals surface area contributed by atoms with Gasteiger partial charge in [0.05, 0.1) is 6.54 Å². The Balaban J connectivity index is 1.71. The highest BCUT2D eigenvalue weighted by Crippen LogP contribution is 2.24. The Kier molecular flexibility index (Phi) is 4.27. The fourth-order valence-corrected chi connectivity index (χ4v) is 2.73. The lowest BCUT2D eigenvalue weighted by Crippen LogP contribution is -2.26. The van der Waals surface area contributed by atoms with E-state index in [-0.39, 0.29) is 12.5 Å². The minimum Gasteiger partial charge on any atom is -0.363 e. The van der Waals surface area contributed by atoms with E-state index in [2.05, 4.69) is 20.4 Å². The highest BCUT2D eigenvalue weighted by atomic mass is 16.5. The highest BCUT2D eigenvalue weighted by Gasteiger charge is 2.23. The van der Waals surface area contributed by atoms with E-state index >= 15 is 0 Å². The Bertz CT molecular complexity index is 723. The minimum absolute atomic E-state index is 0.228. The molecule has 1 N–H and O–H groups in total. The second-order valence-corrected chi connectivity index (χ2v) is 6.00. The van der Waals surface area contributed by atoms with Gasteiger partial charge in [0.2, 0.25) is 0 Å². The number of carbonyl (C=O) groups excluding carboxylic acids is 1. The van der Waals surface area contributed by atoms with Gasteiger partial charge in [0.1, 0.15) is 17.4 Å². The molecule has 1 aliphatic rings. The van der Waals surface area contributed by atoms with E-state index in [9.17, 15) is 4.79 Å². The third-order valence-corrected chi connectivity index (χ3v) is 3.92. The molecule has 0 spiro atoms. The van der Waals surface area contributed by atoms with E-state index < -0.39 is 0 Å². The van der Waals surface area contributed by atoms with Crippen LogP contribution in [0.4, 0.5) is 5.82 Å². The van der Waals surface area contributed by atoms with Gasteiger partial charge in [-0.25, -0.2) is 9.97 Å². The zero-order chi connectivity index (χ0) is 16.4. The molecule has 3 rings (SSSR count). The summed E-state index contributed by atoms with van der Waals surface area (Å²) in [6.07, 6.45) is 3.88. The van der Waals surface area contributed by atoms with Gasteiger partial charge in [-0.05, 0) is 26.2 Å². The predicted molar refractivity (Wildman–Crippen MR) is 85.4 cm³/mol. The molecular weight excluding hydrogens is 294 g/mol. The number of aromatic nitrogens is 3. The van der Waals surface area contributed by atoms with E-state index in [0.29, 0.717) is 11.5 Å². The molecule has 2 heterocycles. The number of hydrogen-bond acceptors (Lipinski definition) is 6. The minimum atomic E-state index is -0.228. The number of nitrogens with one attached hydrogen (secondary N) is 1. The summed E-state index contributed by atoms with van der Waals surface area (Å²) in [5, 5.41) is 6.78. The van der Waals surface area contributed by atoms with Crippen molar-refractivity contribution in [2.45, 2.75) is 39.2 Å². The van der Waals surface area contributed by atoms with Crippen molar-refractivity contribution >= 4 is 11.7 Å². The van der Waals surface area contributed by atoms with Crippen LogP contribution >= 0.6 is 0 Å². The lowest BCUT2D eigenvalue weighted by molar-refractivity contribution is 0.0940. The van der Waals surface area contributed by atoms with Crippen molar-refractivity contribution in [3.63, 3.8) is 0 Å². The zero-order valence-corrected chi connectivity index (χ0v) is 13.7. The molecule has 0 radical (unpaired) electrons. The molecule has 0 unspecified atom stereocenters. The topological polar surface area (TPSA) is 84.2 Å². The summed E-state index contributed by atoms with van der Waals surface area (Å²) in [6, 6.07) is 1.90. The van der Waals surface area contributed by atoms with E-state index in [1.807, 2.05) is 32.0 Å². The molecule has 0 aliphatic heterocycles. The van der Waals surface area contributed by atoms with Gasteiger partial charge >= 0.3 is 0 Å². The van der Waals surface area contributed by atoms with Crippen LogP contribution in [0.5, 0.6) is 0 Å². The van der Waals surface area contributed by atoms with Gasteiger partial charge in [-0.15, -0.1) is 0 Å². The lowest BCUT2D eigenvalue weighted by Gasteiger charge is -2.13. The number of fused-ring (bicyclic) bond motifs is 1. The van der Waals surface area contributed by atoms with Gasteiger partial charge < -0.3 is 14.7 Å². The number of aryl methyl sites for hydroxylation is 2. The number of rotatable bonds is 4. The molecule has 7 nitrogen and oxygen atoms in total. The maximum absolute atomic E-state index is 12.4. The van der Waals surface area contributed by atoms with Crippen LogP contribution in [0.25, 0.3) is 0 Å². The highest BCUT2D eigenvalue weighted by molar-refractivity contribution is 5.93. The van der Waals surface area contributed by atoms with Crippen LogP contribution in [-0.4, -0.2) is 35.1 Å². The van der Waals surface area contributed by atoms with Crippen LogP contribution in [0.1, 0.15) is 46.2 Å². The predicted octanol–water partition coefficient (Wildman–Crippen LogP) is 1.65. The second-order valence-electron chi connectivity index (χ2n) is 6.00. The van der Waals surface area contributed by atoms with Crippen LogP contribution < -0.4 is 10.2 Å². The maximum atomic E-state index is 12.4. The molecule has 23 heavy (non-hydrogen) atoms. The van der Waals surface area contributed by atoms with Crippen molar-refractivity contribution in [1.29, 1.82) is 0 Å². The molecule has 7 heteroatoms. The van der Waals surface area contributed by atoms with Crippen LogP contribution in [0, 0.1) is 6.92 Å². The largest absolute Gasteiger partial charge is 0.363 e. The number of anilines is 1. The number of amides is 1. The summed E-state index contributed by atoms with van der Waals surface area (Å²) in [5.41, 5.74) is 2.22. The summed E-state index contributed by atoms with van der Waals surface area (Å²) < 4.78 is 5.28. The fraction of sp³-hybridized carbons (Fsp3) is 0.500. The first-order chi connectivity index (χ1) is 11.0. The van der Waals surface area contributed by atoms with Crippen molar-refractivity contribution in [3.05, 3.63) is 34.6 Å². The third-order valence-electron chi connectivity index (χ3n) is 3.92. The number of hydrogen-bond donors (Lipinski definition) is 1. The summed E-state index contributed by atoms with van der Waals surface area (Å²) in [7, 11) is 3.84. The molecule has 122 valence electrons. The molecule has 1 amide bonds. The molecule has 1 aliphatic carbocycles. The van der Waals surface area contributed by atoms with Gasteiger partial charge in [-0.2, -0.15) is 0 Å². The van der Waals surface area contributed by atoms with Crippen LogP contribution in [0.2, 0.25) is 0 Å². The quantitative estimate of drug-likeness (QED) is 0.923. The van der Waals surface area contributed by atoms with E-state index in [4.69, 9.17) is 4.52 Å². The van der Waals surface area contributed by atoms with Gasteiger partial charge in [0.15, 0.2) is 5.69 Å². The third kappa shape index (κ3) is 3.33. The fourth-order valence-electron chi connectivity index (χ4n) is 2.73. The second kappa shape index (κ2) is 6.36. The average Bonchev–Trinajstić information content (AvgIpc) is 2.96. The van der Waals surface area contributed by atoms with Gasteiger partial charge in [-0.1, -0.05) is 5.16 Å². The molecule has 2 aromatic heterocycles. The SMILES string of the molecule is Cc1cc(N(C)C)nc(CNC(=O)c2noc3c2CCCC3)n1. The first-order valence-corrected chi connectivity index (χ1v) is 7.82. The Morgan fingerprint density at radius 2 is 2.09 bits per heavy atom. The van der Waals surface area contributed by atoms with Crippen molar-refractivity contribution in [2.24, 2.45) is 0 Å². The Labute approximate surface area is 135 Å². The first-order valence-electron chi connectivity index (χ1n) is 7.82. The van der Waals surface area contributed by atoms with E-state index in [1.165, 1.54) is 0 Å². The maximum Gasteiger partial charge on any atom is 0.274 e. The summed E-state index contributed by atoms with van der Waals surface area (Å²) >= 11 is 0. The molecule has 0 bridgehead atoms. The van der Waals surface area contributed by atoms with E-state index in [0.717, 1.165) is 48.5 Å². The van der Waals surface area contributed by atoms with Crippen molar-refractivity contribution in [1.82, 2.24) is 20.4 Å². The summed E-state index contributed by atoms with van der Waals surface area (Å²) in [5.74, 6) is 2.02. The van der Waals surface area contributed by atoms with Crippen molar-refractivity contribution in [3.8, 4) is 0 Å². The van der Waals surface area contributed by atoms with Crippen LogP contribution in [-0.2, 0) is 19.4 Å². The Morgan fingerprint density at radius 3 is 2.87 bits per heavy atom. The summed E-state index contributed by atoms with van der Waals surface area (Å²) in [4.78, 5) is 23.1.